The number of hydrogen-bond acceptors (Lipinski definition) is 3. The summed E-state index contributed by atoms with van der Waals surface area (Å²) in [7, 11) is 0. The number of rotatable bonds is 3. The van der Waals surface area contributed by atoms with E-state index < -0.39 is 11.7 Å². The van der Waals surface area contributed by atoms with Crippen LogP contribution in [0.5, 0.6) is 11.5 Å². The molecule has 124 valence electrons. The SMILES string of the molecule is CCOc1ccc2c(c1)O/C(=C\c1ccc(C(F)(F)F)cc1)C2=O. The Labute approximate surface area is 136 Å². The van der Waals surface area contributed by atoms with Crippen molar-refractivity contribution >= 4 is 11.9 Å². The summed E-state index contributed by atoms with van der Waals surface area (Å²) in [4.78, 5) is 12.3. The van der Waals surface area contributed by atoms with Gasteiger partial charge in [-0.25, -0.2) is 0 Å². The van der Waals surface area contributed by atoms with E-state index in [-0.39, 0.29) is 11.5 Å². The van der Waals surface area contributed by atoms with Crippen molar-refractivity contribution in [1.29, 1.82) is 0 Å². The number of fused-ring (bicyclic) bond motifs is 1. The molecule has 0 atom stereocenters. The van der Waals surface area contributed by atoms with Gasteiger partial charge in [0.2, 0.25) is 5.78 Å². The molecule has 24 heavy (non-hydrogen) atoms. The Morgan fingerprint density at radius 3 is 2.46 bits per heavy atom. The molecule has 0 bridgehead atoms. The molecule has 6 heteroatoms. The third-order valence-electron chi connectivity index (χ3n) is 3.49. The number of alkyl halides is 3. The number of carbonyl (C=O) groups is 1. The van der Waals surface area contributed by atoms with Gasteiger partial charge < -0.3 is 9.47 Å². The summed E-state index contributed by atoms with van der Waals surface area (Å²) in [5.74, 6) is 0.718. The summed E-state index contributed by atoms with van der Waals surface area (Å²) in [6, 6.07) is 9.41. The molecular formula is C18H13F3O3. The monoisotopic (exact) mass is 334 g/mol. The first-order chi connectivity index (χ1) is 11.4. The number of ketones is 1. The average Bonchev–Trinajstić information content (AvgIpc) is 2.83. The van der Waals surface area contributed by atoms with Crippen LogP contribution < -0.4 is 9.47 Å². The van der Waals surface area contributed by atoms with Crippen LogP contribution in [0.15, 0.2) is 48.2 Å². The lowest BCUT2D eigenvalue weighted by Gasteiger charge is -2.06. The summed E-state index contributed by atoms with van der Waals surface area (Å²) in [5.41, 5.74) is 0.105. The lowest BCUT2D eigenvalue weighted by Crippen LogP contribution is -2.04. The van der Waals surface area contributed by atoms with E-state index in [4.69, 9.17) is 9.47 Å². The molecular weight excluding hydrogens is 321 g/mol. The largest absolute Gasteiger partial charge is 0.494 e. The van der Waals surface area contributed by atoms with Crippen LogP contribution in [0.25, 0.3) is 6.08 Å². The molecule has 0 spiro atoms. The van der Waals surface area contributed by atoms with E-state index in [0.717, 1.165) is 12.1 Å². The zero-order chi connectivity index (χ0) is 17.3. The standard InChI is InChI=1S/C18H13F3O3/c1-2-23-13-7-8-14-15(10-13)24-16(17(14)22)9-11-3-5-12(6-4-11)18(19,20)21/h3-10H,2H2,1H3/b16-9-. The number of benzene rings is 2. The van der Waals surface area contributed by atoms with E-state index in [9.17, 15) is 18.0 Å². The highest BCUT2D eigenvalue weighted by Gasteiger charge is 2.30. The summed E-state index contributed by atoms with van der Waals surface area (Å²) in [6.07, 6.45) is -2.97. The fourth-order valence-electron chi connectivity index (χ4n) is 2.34. The molecule has 0 saturated carbocycles. The van der Waals surface area contributed by atoms with Gasteiger partial charge in [-0.2, -0.15) is 13.2 Å². The van der Waals surface area contributed by atoms with Gasteiger partial charge in [0.15, 0.2) is 5.76 Å². The Bertz CT molecular complexity index is 805. The van der Waals surface area contributed by atoms with Gasteiger partial charge in [-0.15, -0.1) is 0 Å². The molecule has 3 nitrogen and oxygen atoms in total. The molecule has 0 radical (unpaired) electrons. The first-order valence-electron chi connectivity index (χ1n) is 7.27. The number of ether oxygens (including phenoxy) is 2. The van der Waals surface area contributed by atoms with E-state index in [0.29, 0.717) is 29.2 Å². The maximum absolute atomic E-state index is 12.6. The van der Waals surface area contributed by atoms with Crippen LogP contribution in [-0.4, -0.2) is 12.4 Å². The molecule has 3 rings (SSSR count). The number of allylic oxidation sites excluding steroid dienone is 1. The molecule has 1 heterocycles. The van der Waals surface area contributed by atoms with Crippen LogP contribution in [0, 0.1) is 0 Å². The Kier molecular flexibility index (Phi) is 4.05. The van der Waals surface area contributed by atoms with Crippen molar-refractivity contribution in [1.82, 2.24) is 0 Å². The molecule has 0 N–H and O–H groups in total. The summed E-state index contributed by atoms with van der Waals surface area (Å²) in [5, 5.41) is 0. The van der Waals surface area contributed by atoms with Crippen molar-refractivity contribution in [3.63, 3.8) is 0 Å². The number of Topliss-reactive ketones (excluding diaryl/α,β-unsaturated/α-hetero) is 1. The molecule has 0 saturated heterocycles. The summed E-state index contributed by atoms with van der Waals surface area (Å²) < 4.78 is 48.5. The topological polar surface area (TPSA) is 35.5 Å². The van der Waals surface area contributed by atoms with Gasteiger partial charge in [0.1, 0.15) is 11.5 Å². The quantitative estimate of drug-likeness (QED) is 0.762. The minimum atomic E-state index is -4.39. The second-order valence-electron chi connectivity index (χ2n) is 5.15. The zero-order valence-electron chi connectivity index (χ0n) is 12.7. The molecule has 2 aromatic carbocycles. The van der Waals surface area contributed by atoms with E-state index in [2.05, 4.69) is 0 Å². The fraction of sp³-hybridized carbons (Fsp3) is 0.167. The molecule has 0 aliphatic carbocycles. The average molecular weight is 334 g/mol. The molecule has 1 aliphatic heterocycles. The van der Waals surface area contributed by atoms with Crippen LogP contribution in [-0.2, 0) is 6.18 Å². The normalized spacial score (nSPS) is 15.3. The van der Waals surface area contributed by atoms with E-state index in [1.165, 1.54) is 18.2 Å². The number of hydrogen-bond donors (Lipinski definition) is 0. The molecule has 0 aromatic heterocycles. The van der Waals surface area contributed by atoms with Crippen LogP contribution in [0.2, 0.25) is 0 Å². The molecule has 0 unspecified atom stereocenters. The molecule has 0 fully saturated rings. The lowest BCUT2D eigenvalue weighted by molar-refractivity contribution is -0.137. The van der Waals surface area contributed by atoms with Gasteiger partial charge in [-0.05, 0) is 42.8 Å². The van der Waals surface area contributed by atoms with Gasteiger partial charge >= 0.3 is 6.18 Å². The maximum Gasteiger partial charge on any atom is 0.416 e. The fourth-order valence-corrected chi connectivity index (χ4v) is 2.34. The predicted molar refractivity (Wildman–Crippen MR) is 82.0 cm³/mol. The van der Waals surface area contributed by atoms with Crippen LogP contribution in [0.1, 0.15) is 28.4 Å². The third-order valence-corrected chi connectivity index (χ3v) is 3.49. The zero-order valence-corrected chi connectivity index (χ0v) is 12.7. The second-order valence-corrected chi connectivity index (χ2v) is 5.15. The van der Waals surface area contributed by atoms with Crippen molar-refractivity contribution in [3.8, 4) is 11.5 Å². The van der Waals surface area contributed by atoms with Crippen molar-refractivity contribution in [3.05, 3.63) is 64.9 Å². The van der Waals surface area contributed by atoms with E-state index in [1.807, 2.05) is 6.92 Å². The predicted octanol–water partition coefficient (Wildman–Crippen LogP) is 4.72. The third kappa shape index (κ3) is 3.13. The van der Waals surface area contributed by atoms with Crippen LogP contribution in [0.4, 0.5) is 13.2 Å². The Balaban J connectivity index is 1.85. The van der Waals surface area contributed by atoms with Crippen molar-refractivity contribution < 1.29 is 27.4 Å². The van der Waals surface area contributed by atoms with Gasteiger partial charge in [0.05, 0.1) is 17.7 Å². The molecule has 0 amide bonds. The Morgan fingerprint density at radius 2 is 1.83 bits per heavy atom. The lowest BCUT2D eigenvalue weighted by atomic mass is 10.1. The van der Waals surface area contributed by atoms with Gasteiger partial charge in [0, 0.05) is 6.07 Å². The van der Waals surface area contributed by atoms with Crippen molar-refractivity contribution in [2.45, 2.75) is 13.1 Å². The highest BCUT2D eigenvalue weighted by atomic mass is 19.4. The highest BCUT2D eigenvalue weighted by molar-refractivity contribution is 6.14. The Morgan fingerprint density at radius 1 is 1.12 bits per heavy atom. The van der Waals surface area contributed by atoms with Gasteiger partial charge in [-0.3, -0.25) is 4.79 Å². The molecule has 1 aliphatic rings. The van der Waals surface area contributed by atoms with Crippen molar-refractivity contribution in [2.75, 3.05) is 6.61 Å². The minimum absolute atomic E-state index is 0.0680. The number of halogens is 3. The summed E-state index contributed by atoms with van der Waals surface area (Å²) >= 11 is 0. The van der Waals surface area contributed by atoms with Crippen LogP contribution in [0.3, 0.4) is 0 Å². The first-order valence-corrected chi connectivity index (χ1v) is 7.27. The Hall–Kier alpha value is -2.76. The van der Waals surface area contributed by atoms with Gasteiger partial charge in [0.25, 0.3) is 0 Å². The smallest absolute Gasteiger partial charge is 0.416 e. The van der Waals surface area contributed by atoms with Crippen LogP contribution >= 0.6 is 0 Å². The van der Waals surface area contributed by atoms with E-state index >= 15 is 0 Å². The summed E-state index contributed by atoms with van der Waals surface area (Å²) in [6.45, 7) is 2.33. The van der Waals surface area contributed by atoms with E-state index in [1.54, 1.807) is 18.2 Å². The maximum atomic E-state index is 12.6. The minimum Gasteiger partial charge on any atom is -0.494 e. The molecule has 2 aromatic rings. The highest BCUT2D eigenvalue weighted by Crippen LogP contribution is 2.35. The second kappa shape index (κ2) is 6.03. The van der Waals surface area contributed by atoms with Crippen molar-refractivity contribution in [2.24, 2.45) is 0 Å². The van der Waals surface area contributed by atoms with Gasteiger partial charge in [-0.1, -0.05) is 12.1 Å². The first kappa shape index (κ1) is 16.1. The number of carbonyl (C=O) groups excluding carboxylic acids is 1.